The Morgan fingerprint density at radius 2 is 1.46 bits per heavy atom. The summed E-state index contributed by atoms with van der Waals surface area (Å²) in [7, 11) is 0. The lowest BCUT2D eigenvalue weighted by molar-refractivity contribution is -0.214. The van der Waals surface area contributed by atoms with Crippen LogP contribution in [0.4, 0.5) is 0 Å². The van der Waals surface area contributed by atoms with Gasteiger partial charge >= 0.3 is 0 Å². The van der Waals surface area contributed by atoms with E-state index in [0.29, 0.717) is 22.4 Å². The molecule has 0 aromatic carbocycles. The van der Waals surface area contributed by atoms with Crippen LogP contribution in [0, 0.1) is 34.5 Å². The van der Waals surface area contributed by atoms with Crippen molar-refractivity contribution in [3.63, 3.8) is 0 Å². The monoisotopic (exact) mass is 480 g/mol. The largest absolute Gasteiger partial charge is 0.298 e. The highest BCUT2D eigenvalue weighted by molar-refractivity contribution is 5.21. The van der Waals surface area contributed by atoms with Gasteiger partial charge in [0.25, 0.3) is 0 Å². The summed E-state index contributed by atoms with van der Waals surface area (Å²) in [5, 5.41) is 0. The molecule has 35 heavy (non-hydrogen) atoms. The number of likely N-dealkylation sites (tertiary alicyclic amines) is 2. The SMILES string of the molecule is C=CCC(N1CCCCC1)C1(N2CCCCC2)CCC[C@@H]2CCC3C4CCC[C@@]4(C)CCC3[C@]21C. The first-order chi connectivity index (χ1) is 17.0. The molecule has 198 valence electrons. The Hall–Kier alpha value is -0.340. The molecular weight excluding hydrogens is 424 g/mol. The van der Waals surface area contributed by atoms with E-state index in [9.17, 15) is 0 Å². The molecule has 2 heterocycles. The van der Waals surface area contributed by atoms with Gasteiger partial charge in [0.05, 0.1) is 0 Å². The van der Waals surface area contributed by atoms with Crippen LogP contribution in [0.3, 0.4) is 0 Å². The second-order valence-electron chi connectivity index (χ2n) is 14.5. The van der Waals surface area contributed by atoms with Crippen molar-refractivity contribution in [3.8, 4) is 0 Å². The Balaban J connectivity index is 1.47. The Bertz CT molecular complexity index is 750. The van der Waals surface area contributed by atoms with Crippen LogP contribution in [0.15, 0.2) is 12.7 Å². The van der Waals surface area contributed by atoms with E-state index >= 15 is 0 Å². The number of piperidine rings is 2. The van der Waals surface area contributed by atoms with Crippen molar-refractivity contribution in [2.24, 2.45) is 34.5 Å². The molecule has 6 aliphatic rings. The summed E-state index contributed by atoms with van der Waals surface area (Å²) in [5.41, 5.74) is 1.50. The number of rotatable bonds is 5. The van der Waals surface area contributed by atoms with Gasteiger partial charge in [-0.1, -0.05) is 45.6 Å². The van der Waals surface area contributed by atoms with E-state index in [1.165, 1.54) is 129 Å². The normalized spacial score (nSPS) is 47.9. The standard InChI is InChI=1S/C33H56N2/c1-4-13-30(34-22-7-5-8-23-34)33(35-24-9-6-10-25-35)20-11-14-26-16-17-27-28-15-12-19-31(28,2)21-18-29(27)32(26,33)3/h4,26-30H,1,5-25H2,2-3H3/t26-,27?,28?,29?,30?,31+,32+,33?/m1/s1. The minimum absolute atomic E-state index is 0.359. The fraction of sp³-hybridized carbons (Fsp3) is 0.939. The molecule has 0 radical (unpaired) electrons. The highest BCUT2D eigenvalue weighted by Crippen LogP contribution is 2.70. The van der Waals surface area contributed by atoms with Gasteiger partial charge in [-0.2, -0.15) is 0 Å². The quantitative estimate of drug-likeness (QED) is 0.367. The third-order valence-electron chi connectivity index (χ3n) is 13.4. The van der Waals surface area contributed by atoms with Gasteiger partial charge in [0.15, 0.2) is 0 Å². The van der Waals surface area contributed by atoms with E-state index in [4.69, 9.17) is 0 Å². The zero-order valence-electron chi connectivity index (χ0n) is 23.4. The highest BCUT2D eigenvalue weighted by Gasteiger charge is 2.68. The second-order valence-corrected chi connectivity index (χ2v) is 14.5. The molecule has 2 heteroatoms. The zero-order valence-corrected chi connectivity index (χ0v) is 23.4. The van der Waals surface area contributed by atoms with Crippen LogP contribution in [0.25, 0.3) is 0 Å². The Morgan fingerprint density at radius 3 is 2.20 bits per heavy atom. The fourth-order valence-corrected chi connectivity index (χ4v) is 12.0. The minimum Gasteiger partial charge on any atom is -0.298 e. The third kappa shape index (κ3) is 3.77. The molecule has 2 nitrogen and oxygen atoms in total. The van der Waals surface area contributed by atoms with E-state index in [-0.39, 0.29) is 0 Å². The minimum atomic E-state index is 0.359. The fourth-order valence-electron chi connectivity index (χ4n) is 12.0. The maximum Gasteiger partial charge on any atom is 0.0426 e. The van der Waals surface area contributed by atoms with Crippen LogP contribution in [-0.2, 0) is 0 Å². The average Bonchev–Trinajstić information content (AvgIpc) is 3.30. The van der Waals surface area contributed by atoms with Gasteiger partial charge in [0.1, 0.15) is 0 Å². The molecule has 6 fully saturated rings. The van der Waals surface area contributed by atoms with Gasteiger partial charge in [0, 0.05) is 11.6 Å². The molecule has 0 N–H and O–H groups in total. The number of hydrogen-bond donors (Lipinski definition) is 0. The smallest absolute Gasteiger partial charge is 0.0426 e. The van der Waals surface area contributed by atoms with Crippen molar-refractivity contribution in [2.45, 2.75) is 135 Å². The first-order valence-electron chi connectivity index (χ1n) is 16.1. The predicted molar refractivity (Wildman–Crippen MR) is 149 cm³/mol. The number of fused-ring (bicyclic) bond motifs is 5. The summed E-state index contributed by atoms with van der Waals surface area (Å²) >= 11 is 0. The lowest BCUT2D eigenvalue weighted by Crippen LogP contribution is -2.76. The summed E-state index contributed by atoms with van der Waals surface area (Å²) in [5.74, 6) is 3.93. The van der Waals surface area contributed by atoms with E-state index in [0.717, 1.165) is 23.7 Å². The topological polar surface area (TPSA) is 6.48 Å². The Morgan fingerprint density at radius 1 is 0.743 bits per heavy atom. The summed E-state index contributed by atoms with van der Waals surface area (Å²) < 4.78 is 0. The molecule has 4 aliphatic carbocycles. The van der Waals surface area contributed by atoms with Crippen LogP contribution in [0.2, 0.25) is 0 Å². The van der Waals surface area contributed by atoms with Gasteiger partial charge in [0.2, 0.25) is 0 Å². The lowest BCUT2D eigenvalue weighted by atomic mass is 9.39. The summed E-state index contributed by atoms with van der Waals surface area (Å²) in [6.07, 6.45) is 27.2. The van der Waals surface area contributed by atoms with Gasteiger partial charge < -0.3 is 0 Å². The average molecular weight is 481 g/mol. The maximum absolute atomic E-state index is 4.38. The van der Waals surface area contributed by atoms with Gasteiger partial charge in [-0.3, -0.25) is 9.80 Å². The first kappa shape index (κ1) is 25.0. The van der Waals surface area contributed by atoms with Crippen molar-refractivity contribution < 1.29 is 0 Å². The van der Waals surface area contributed by atoms with Crippen LogP contribution in [0.1, 0.15) is 123 Å². The molecule has 4 saturated carbocycles. The molecule has 5 unspecified atom stereocenters. The molecule has 0 aromatic heterocycles. The van der Waals surface area contributed by atoms with E-state index < -0.39 is 0 Å². The van der Waals surface area contributed by atoms with Crippen LogP contribution in [-0.4, -0.2) is 47.6 Å². The summed E-state index contributed by atoms with van der Waals surface area (Å²) in [6.45, 7) is 15.4. The zero-order chi connectivity index (χ0) is 24.1. The van der Waals surface area contributed by atoms with Crippen molar-refractivity contribution in [3.05, 3.63) is 12.7 Å². The van der Waals surface area contributed by atoms with Crippen LogP contribution < -0.4 is 0 Å². The molecule has 6 rings (SSSR count). The van der Waals surface area contributed by atoms with Gasteiger partial charge in [-0.25, -0.2) is 0 Å². The molecular formula is C33H56N2. The first-order valence-corrected chi connectivity index (χ1v) is 16.1. The predicted octanol–water partition coefficient (Wildman–Crippen LogP) is 8.07. The number of nitrogens with zero attached hydrogens (tertiary/aromatic N) is 2. The highest BCUT2D eigenvalue weighted by atomic mass is 15.3. The van der Waals surface area contributed by atoms with Crippen molar-refractivity contribution in [1.82, 2.24) is 9.80 Å². The molecule has 2 aliphatic heterocycles. The van der Waals surface area contributed by atoms with Gasteiger partial charge in [-0.15, -0.1) is 6.58 Å². The molecule has 8 atom stereocenters. The number of hydrogen-bond acceptors (Lipinski definition) is 2. The molecule has 0 amide bonds. The Labute approximate surface area is 217 Å². The van der Waals surface area contributed by atoms with Crippen molar-refractivity contribution in [2.75, 3.05) is 26.2 Å². The molecule has 0 aromatic rings. The molecule has 0 bridgehead atoms. The van der Waals surface area contributed by atoms with E-state index in [1.54, 1.807) is 6.42 Å². The summed E-state index contributed by atoms with van der Waals surface area (Å²) in [6, 6.07) is 0.682. The maximum atomic E-state index is 4.38. The molecule has 0 spiro atoms. The van der Waals surface area contributed by atoms with Crippen LogP contribution in [0.5, 0.6) is 0 Å². The van der Waals surface area contributed by atoms with Gasteiger partial charge in [-0.05, 0) is 144 Å². The second kappa shape index (κ2) is 9.76. The van der Waals surface area contributed by atoms with E-state index in [2.05, 4.69) is 36.3 Å². The van der Waals surface area contributed by atoms with Crippen LogP contribution >= 0.6 is 0 Å². The lowest BCUT2D eigenvalue weighted by Gasteiger charge is -2.72. The van der Waals surface area contributed by atoms with Crippen molar-refractivity contribution in [1.29, 1.82) is 0 Å². The summed E-state index contributed by atoms with van der Waals surface area (Å²) in [4.78, 5) is 6.18. The molecule has 2 saturated heterocycles. The Kier molecular flexibility index (Phi) is 6.96. The van der Waals surface area contributed by atoms with E-state index in [1.807, 2.05) is 0 Å². The van der Waals surface area contributed by atoms with Crippen molar-refractivity contribution >= 4 is 0 Å². The third-order valence-corrected chi connectivity index (χ3v) is 13.4.